The Bertz CT molecular complexity index is 1010. The molecule has 0 saturated carbocycles. The van der Waals surface area contributed by atoms with E-state index in [1.807, 2.05) is 24.7 Å². The Labute approximate surface area is 168 Å². The first-order chi connectivity index (χ1) is 13.4. The summed E-state index contributed by atoms with van der Waals surface area (Å²) < 4.78 is 18.9. The van der Waals surface area contributed by atoms with Gasteiger partial charge in [-0.25, -0.2) is 0 Å². The Hall–Kier alpha value is -2.54. The van der Waals surface area contributed by atoms with Crippen LogP contribution in [0.25, 0.3) is 11.4 Å². The summed E-state index contributed by atoms with van der Waals surface area (Å²) in [6, 6.07) is 3.63. The molecule has 1 atom stereocenters. The summed E-state index contributed by atoms with van der Waals surface area (Å²) in [7, 11) is 1.95. The first kappa shape index (κ1) is 18.8. The van der Waals surface area contributed by atoms with Gasteiger partial charge in [0.1, 0.15) is 0 Å². The predicted molar refractivity (Wildman–Crippen MR) is 105 cm³/mol. The fourth-order valence-corrected chi connectivity index (χ4v) is 3.68. The van der Waals surface area contributed by atoms with E-state index in [2.05, 4.69) is 29.1 Å². The van der Waals surface area contributed by atoms with Crippen molar-refractivity contribution in [3.05, 3.63) is 40.0 Å². The Morgan fingerprint density at radius 1 is 1.21 bits per heavy atom. The molecule has 0 aliphatic carbocycles. The van der Waals surface area contributed by atoms with Gasteiger partial charge in [0.25, 0.3) is 0 Å². The van der Waals surface area contributed by atoms with Crippen LogP contribution in [0.5, 0.6) is 11.5 Å². The first-order valence-corrected chi connectivity index (χ1v) is 9.74. The van der Waals surface area contributed by atoms with E-state index in [0.717, 1.165) is 29.8 Å². The molecule has 8 heteroatoms. The monoisotopic (exact) mass is 402 g/mol. The summed E-state index contributed by atoms with van der Waals surface area (Å²) in [4.78, 5) is 4.60. The first-order valence-electron chi connectivity index (χ1n) is 9.36. The van der Waals surface area contributed by atoms with Crippen LogP contribution in [-0.2, 0) is 13.5 Å². The van der Waals surface area contributed by atoms with Gasteiger partial charge >= 0.3 is 0 Å². The molecule has 0 fully saturated rings. The lowest BCUT2D eigenvalue weighted by Crippen LogP contribution is -2.02. The predicted octanol–water partition coefficient (Wildman–Crippen LogP) is 4.25. The minimum Gasteiger partial charge on any atom is -0.489 e. The van der Waals surface area contributed by atoms with Crippen molar-refractivity contribution < 1.29 is 14.0 Å². The van der Waals surface area contributed by atoms with Gasteiger partial charge in [-0.2, -0.15) is 10.1 Å². The highest BCUT2D eigenvalue weighted by Crippen LogP contribution is 2.40. The second kappa shape index (κ2) is 7.47. The summed E-state index contributed by atoms with van der Waals surface area (Å²) in [6.07, 6.45) is 1.60. The van der Waals surface area contributed by atoms with Crippen molar-refractivity contribution in [2.24, 2.45) is 7.05 Å². The average molecular weight is 403 g/mol. The molecule has 0 saturated heterocycles. The SMILES string of the molecule is Cc1nn(C)c(C)c1CC(C)c1nc(-c2cc(Cl)c3c(c2)OCCCO3)no1. The molecule has 4 rings (SSSR count). The van der Waals surface area contributed by atoms with E-state index in [9.17, 15) is 0 Å². The molecule has 1 aromatic carbocycles. The van der Waals surface area contributed by atoms with Crippen LogP contribution in [0.4, 0.5) is 0 Å². The Morgan fingerprint density at radius 2 is 2.00 bits per heavy atom. The number of aryl methyl sites for hydroxylation is 2. The third kappa shape index (κ3) is 3.46. The summed E-state index contributed by atoms with van der Waals surface area (Å²) in [5.74, 6) is 2.32. The Kier molecular flexibility index (Phi) is 5.02. The maximum absolute atomic E-state index is 6.38. The van der Waals surface area contributed by atoms with E-state index in [4.69, 9.17) is 25.6 Å². The number of hydrogen-bond donors (Lipinski definition) is 0. The summed E-state index contributed by atoms with van der Waals surface area (Å²) in [6.45, 7) is 7.34. The van der Waals surface area contributed by atoms with Crippen LogP contribution >= 0.6 is 11.6 Å². The maximum Gasteiger partial charge on any atom is 0.230 e. The average Bonchev–Trinajstić information content (AvgIpc) is 3.14. The van der Waals surface area contributed by atoms with Gasteiger partial charge in [-0.15, -0.1) is 0 Å². The number of fused-ring (bicyclic) bond motifs is 1. The van der Waals surface area contributed by atoms with Gasteiger partial charge in [0.2, 0.25) is 11.7 Å². The molecule has 0 bridgehead atoms. The third-order valence-electron chi connectivity index (χ3n) is 5.09. The summed E-state index contributed by atoms with van der Waals surface area (Å²) in [5.41, 5.74) is 4.14. The van der Waals surface area contributed by atoms with Crippen molar-refractivity contribution in [2.45, 2.75) is 39.5 Å². The molecule has 1 aliphatic heterocycles. The van der Waals surface area contributed by atoms with Crippen molar-refractivity contribution in [3.63, 3.8) is 0 Å². The number of nitrogens with zero attached hydrogens (tertiary/aromatic N) is 4. The van der Waals surface area contributed by atoms with E-state index in [1.54, 1.807) is 6.07 Å². The quantitative estimate of drug-likeness (QED) is 0.649. The van der Waals surface area contributed by atoms with Crippen LogP contribution in [0.15, 0.2) is 16.7 Å². The molecule has 1 aliphatic rings. The molecule has 7 nitrogen and oxygen atoms in total. The van der Waals surface area contributed by atoms with Gasteiger partial charge in [0, 0.05) is 30.6 Å². The van der Waals surface area contributed by atoms with Crippen LogP contribution < -0.4 is 9.47 Å². The van der Waals surface area contributed by atoms with E-state index in [1.165, 1.54) is 5.56 Å². The largest absolute Gasteiger partial charge is 0.489 e. The van der Waals surface area contributed by atoms with E-state index < -0.39 is 0 Å². The van der Waals surface area contributed by atoms with E-state index in [-0.39, 0.29) is 5.92 Å². The molecule has 0 radical (unpaired) electrons. The standard InChI is InChI=1S/C20H23ClN4O3/c1-11(8-15-12(2)23-25(4)13(15)3)20-22-19(24-28-20)14-9-16(21)18-17(10-14)26-6-5-7-27-18/h9-11H,5-8H2,1-4H3. The molecule has 148 valence electrons. The van der Waals surface area contributed by atoms with Crippen LogP contribution in [-0.4, -0.2) is 33.1 Å². The molecule has 0 amide bonds. The minimum absolute atomic E-state index is 0.0683. The molecule has 2 aromatic heterocycles. The summed E-state index contributed by atoms with van der Waals surface area (Å²) >= 11 is 6.38. The van der Waals surface area contributed by atoms with Crippen molar-refractivity contribution in [1.29, 1.82) is 0 Å². The van der Waals surface area contributed by atoms with Crippen molar-refractivity contribution in [1.82, 2.24) is 19.9 Å². The van der Waals surface area contributed by atoms with Gasteiger partial charge in [0.15, 0.2) is 11.5 Å². The van der Waals surface area contributed by atoms with Crippen LogP contribution in [0.1, 0.15) is 42.1 Å². The summed E-state index contributed by atoms with van der Waals surface area (Å²) in [5, 5.41) is 9.11. The zero-order valence-electron chi connectivity index (χ0n) is 16.5. The van der Waals surface area contributed by atoms with Gasteiger partial charge in [-0.1, -0.05) is 23.7 Å². The van der Waals surface area contributed by atoms with Crippen LogP contribution in [0, 0.1) is 13.8 Å². The van der Waals surface area contributed by atoms with Crippen LogP contribution in [0.2, 0.25) is 5.02 Å². The molecule has 3 heterocycles. The molecule has 3 aromatic rings. The minimum atomic E-state index is 0.0683. The zero-order valence-corrected chi connectivity index (χ0v) is 17.2. The van der Waals surface area contributed by atoms with E-state index >= 15 is 0 Å². The fourth-order valence-electron chi connectivity index (χ4n) is 3.42. The Balaban J connectivity index is 1.59. The zero-order chi connectivity index (χ0) is 19.8. The Morgan fingerprint density at radius 3 is 2.75 bits per heavy atom. The molecular formula is C20H23ClN4O3. The maximum atomic E-state index is 6.38. The molecule has 28 heavy (non-hydrogen) atoms. The highest BCUT2D eigenvalue weighted by molar-refractivity contribution is 6.32. The third-order valence-corrected chi connectivity index (χ3v) is 5.37. The molecular weight excluding hydrogens is 380 g/mol. The number of ether oxygens (including phenoxy) is 2. The second-order valence-corrected chi connectivity index (χ2v) is 7.58. The van der Waals surface area contributed by atoms with E-state index in [0.29, 0.717) is 41.5 Å². The van der Waals surface area contributed by atoms with Crippen molar-refractivity contribution in [3.8, 4) is 22.9 Å². The molecule has 1 unspecified atom stereocenters. The fraction of sp³-hybridized carbons (Fsp3) is 0.450. The molecule has 0 N–H and O–H groups in total. The lowest BCUT2D eigenvalue weighted by Gasteiger charge is -2.10. The number of halogens is 1. The lowest BCUT2D eigenvalue weighted by molar-refractivity contribution is 0.297. The molecule has 0 spiro atoms. The van der Waals surface area contributed by atoms with Crippen molar-refractivity contribution in [2.75, 3.05) is 13.2 Å². The van der Waals surface area contributed by atoms with Crippen molar-refractivity contribution >= 4 is 11.6 Å². The number of benzene rings is 1. The smallest absolute Gasteiger partial charge is 0.230 e. The second-order valence-electron chi connectivity index (χ2n) is 7.17. The highest BCUT2D eigenvalue weighted by Gasteiger charge is 2.22. The lowest BCUT2D eigenvalue weighted by atomic mass is 9.99. The van der Waals surface area contributed by atoms with Gasteiger partial charge in [-0.05, 0) is 38.0 Å². The van der Waals surface area contributed by atoms with Gasteiger partial charge in [-0.3, -0.25) is 4.68 Å². The topological polar surface area (TPSA) is 75.2 Å². The number of rotatable bonds is 4. The highest BCUT2D eigenvalue weighted by atomic mass is 35.5. The normalized spacial score (nSPS) is 14.8. The van der Waals surface area contributed by atoms with Gasteiger partial charge in [0.05, 0.1) is 23.9 Å². The van der Waals surface area contributed by atoms with Crippen LogP contribution in [0.3, 0.4) is 0 Å². The number of hydrogen-bond acceptors (Lipinski definition) is 6. The van der Waals surface area contributed by atoms with Gasteiger partial charge < -0.3 is 14.0 Å². The number of aromatic nitrogens is 4.